The summed E-state index contributed by atoms with van der Waals surface area (Å²) in [6.07, 6.45) is 3.11. The Morgan fingerprint density at radius 3 is 2.76 bits per heavy atom. The molecule has 0 aliphatic carbocycles. The maximum Gasteiger partial charge on any atom is 0.126 e. The van der Waals surface area contributed by atoms with Crippen LogP contribution in [-0.4, -0.2) is 30.1 Å². The quantitative estimate of drug-likeness (QED) is 0.881. The first kappa shape index (κ1) is 15.3. The van der Waals surface area contributed by atoms with Crippen molar-refractivity contribution in [2.24, 2.45) is 11.7 Å². The standard InChI is InChI=1S/C17H25BrN2O/c1-12(2)11-20-7-5-17(6-8-20)10-15(19)14-4-3-13(18)9-16(14)21-17/h3-4,9,12,15H,5-8,10-11,19H2,1-2H3/t15-/m0/s1. The summed E-state index contributed by atoms with van der Waals surface area (Å²) in [4.78, 5) is 2.56. The third-order valence-corrected chi connectivity index (χ3v) is 5.18. The topological polar surface area (TPSA) is 38.5 Å². The lowest BCUT2D eigenvalue weighted by Crippen LogP contribution is -2.51. The molecule has 1 atom stereocenters. The van der Waals surface area contributed by atoms with Crippen LogP contribution in [0.4, 0.5) is 0 Å². The van der Waals surface area contributed by atoms with Gasteiger partial charge in [-0.25, -0.2) is 0 Å². The lowest BCUT2D eigenvalue weighted by Gasteiger charge is -2.46. The fourth-order valence-electron chi connectivity index (χ4n) is 3.65. The van der Waals surface area contributed by atoms with Gasteiger partial charge in [0.1, 0.15) is 11.4 Å². The third-order valence-electron chi connectivity index (χ3n) is 4.68. The predicted molar refractivity (Wildman–Crippen MR) is 89.6 cm³/mol. The van der Waals surface area contributed by atoms with Gasteiger partial charge in [-0.3, -0.25) is 0 Å². The molecule has 116 valence electrons. The maximum absolute atomic E-state index is 6.43. The average molecular weight is 353 g/mol. The molecule has 0 amide bonds. The lowest BCUT2D eigenvalue weighted by molar-refractivity contribution is -0.0237. The van der Waals surface area contributed by atoms with Gasteiger partial charge in [0.25, 0.3) is 0 Å². The fourth-order valence-corrected chi connectivity index (χ4v) is 3.99. The molecule has 0 unspecified atom stereocenters. The predicted octanol–water partition coefficient (Wildman–Crippen LogP) is 3.72. The monoisotopic (exact) mass is 352 g/mol. The minimum Gasteiger partial charge on any atom is -0.487 e. The van der Waals surface area contributed by atoms with E-state index < -0.39 is 0 Å². The molecular formula is C17H25BrN2O. The number of piperidine rings is 1. The summed E-state index contributed by atoms with van der Waals surface area (Å²) in [7, 11) is 0. The van der Waals surface area contributed by atoms with Crippen LogP contribution in [-0.2, 0) is 0 Å². The van der Waals surface area contributed by atoms with Gasteiger partial charge in [-0.2, -0.15) is 0 Å². The van der Waals surface area contributed by atoms with Crippen LogP contribution in [0.5, 0.6) is 5.75 Å². The van der Waals surface area contributed by atoms with Gasteiger partial charge < -0.3 is 15.4 Å². The first-order valence-corrected chi connectivity index (χ1v) is 8.73. The number of benzene rings is 1. The van der Waals surface area contributed by atoms with Crippen LogP contribution < -0.4 is 10.5 Å². The van der Waals surface area contributed by atoms with Crippen molar-refractivity contribution >= 4 is 15.9 Å². The second-order valence-electron chi connectivity index (χ2n) is 6.97. The number of hydrogen-bond acceptors (Lipinski definition) is 3. The highest BCUT2D eigenvalue weighted by Crippen LogP contribution is 2.44. The highest BCUT2D eigenvalue weighted by Gasteiger charge is 2.42. The number of fused-ring (bicyclic) bond motifs is 1. The fraction of sp³-hybridized carbons (Fsp3) is 0.647. The molecule has 1 fully saturated rings. The Hall–Kier alpha value is -0.580. The summed E-state index contributed by atoms with van der Waals surface area (Å²) < 4.78 is 7.49. The van der Waals surface area contributed by atoms with Crippen LogP contribution in [0.2, 0.25) is 0 Å². The molecule has 2 heterocycles. The van der Waals surface area contributed by atoms with Gasteiger partial charge in [-0.15, -0.1) is 0 Å². The Balaban J connectivity index is 1.74. The molecule has 1 saturated heterocycles. The van der Waals surface area contributed by atoms with Gasteiger partial charge in [0, 0.05) is 42.1 Å². The van der Waals surface area contributed by atoms with E-state index in [2.05, 4.69) is 46.8 Å². The van der Waals surface area contributed by atoms with E-state index in [1.54, 1.807) is 0 Å². The van der Waals surface area contributed by atoms with Crippen molar-refractivity contribution in [2.45, 2.75) is 44.8 Å². The van der Waals surface area contributed by atoms with Crippen molar-refractivity contribution in [1.82, 2.24) is 4.90 Å². The van der Waals surface area contributed by atoms with Gasteiger partial charge in [-0.05, 0) is 30.9 Å². The molecule has 1 aromatic carbocycles. The summed E-state index contributed by atoms with van der Waals surface area (Å²) >= 11 is 3.53. The molecular weight excluding hydrogens is 328 g/mol. The van der Waals surface area contributed by atoms with Crippen molar-refractivity contribution in [3.05, 3.63) is 28.2 Å². The Bertz CT molecular complexity index is 510. The second kappa shape index (κ2) is 5.90. The molecule has 2 aliphatic rings. The highest BCUT2D eigenvalue weighted by atomic mass is 79.9. The first-order valence-electron chi connectivity index (χ1n) is 7.94. The van der Waals surface area contributed by atoms with Crippen LogP contribution in [0.3, 0.4) is 0 Å². The zero-order valence-corrected chi connectivity index (χ0v) is 14.5. The molecule has 1 spiro atoms. The molecule has 0 radical (unpaired) electrons. The van der Waals surface area contributed by atoms with E-state index in [0.717, 1.165) is 54.1 Å². The molecule has 0 bridgehead atoms. The smallest absolute Gasteiger partial charge is 0.126 e. The van der Waals surface area contributed by atoms with Crippen LogP contribution in [0, 0.1) is 5.92 Å². The Labute approximate surface area is 136 Å². The summed E-state index contributed by atoms with van der Waals surface area (Å²) in [6, 6.07) is 6.30. The van der Waals surface area contributed by atoms with Crippen molar-refractivity contribution in [3.63, 3.8) is 0 Å². The molecule has 1 aromatic rings. The summed E-state index contributed by atoms with van der Waals surface area (Å²) in [5, 5.41) is 0. The number of rotatable bonds is 2. The van der Waals surface area contributed by atoms with E-state index in [9.17, 15) is 0 Å². The summed E-state index contributed by atoms with van der Waals surface area (Å²) in [5.74, 6) is 1.70. The zero-order chi connectivity index (χ0) is 15.0. The number of nitrogens with two attached hydrogens (primary N) is 1. The molecule has 2 aliphatic heterocycles. The van der Waals surface area contributed by atoms with E-state index >= 15 is 0 Å². The van der Waals surface area contributed by atoms with Gasteiger partial charge in [-0.1, -0.05) is 35.8 Å². The van der Waals surface area contributed by atoms with E-state index in [1.165, 1.54) is 6.54 Å². The van der Waals surface area contributed by atoms with Crippen LogP contribution in [0.25, 0.3) is 0 Å². The minimum absolute atomic E-state index is 0.0549. The number of likely N-dealkylation sites (tertiary alicyclic amines) is 1. The first-order chi connectivity index (χ1) is 9.97. The summed E-state index contributed by atoms with van der Waals surface area (Å²) in [5.41, 5.74) is 7.50. The Morgan fingerprint density at radius 1 is 1.38 bits per heavy atom. The van der Waals surface area contributed by atoms with Crippen LogP contribution >= 0.6 is 15.9 Å². The van der Waals surface area contributed by atoms with E-state index in [-0.39, 0.29) is 11.6 Å². The number of halogens is 1. The molecule has 3 rings (SSSR count). The summed E-state index contributed by atoms with van der Waals surface area (Å²) in [6.45, 7) is 7.99. The van der Waals surface area contributed by atoms with Gasteiger partial charge in [0.05, 0.1) is 0 Å². The SMILES string of the molecule is CC(C)CN1CCC2(CC1)C[C@H](N)c1ccc(Br)cc1O2. The zero-order valence-electron chi connectivity index (χ0n) is 12.9. The largest absolute Gasteiger partial charge is 0.487 e. The average Bonchev–Trinajstić information content (AvgIpc) is 2.40. The molecule has 3 nitrogen and oxygen atoms in total. The minimum atomic E-state index is -0.0549. The van der Waals surface area contributed by atoms with Crippen molar-refractivity contribution in [3.8, 4) is 5.75 Å². The Kier molecular flexibility index (Phi) is 4.30. The number of hydrogen-bond donors (Lipinski definition) is 1. The normalized spacial score (nSPS) is 24.9. The highest BCUT2D eigenvalue weighted by molar-refractivity contribution is 9.10. The molecule has 0 saturated carbocycles. The van der Waals surface area contributed by atoms with Crippen LogP contribution in [0.1, 0.15) is 44.7 Å². The van der Waals surface area contributed by atoms with Gasteiger partial charge >= 0.3 is 0 Å². The molecule has 0 aromatic heterocycles. The lowest BCUT2D eigenvalue weighted by atomic mass is 9.81. The van der Waals surface area contributed by atoms with E-state index in [4.69, 9.17) is 10.5 Å². The molecule has 4 heteroatoms. The van der Waals surface area contributed by atoms with E-state index in [1.807, 2.05) is 6.07 Å². The van der Waals surface area contributed by atoms with Crippen molar-refractivity contribution in [1.29, 1.82) is 0 Å². The van der Waals surface area contributed by atoms with Crippen molar-refractivity contribution in [2.75, 3.05) is 19.6 Å². The molecule has 21 heavy (non-hydrogen) atoms. The van der Waals surface area contributed by atoms with Gasteiger partial charge in [0.2, 0.25) is 0 Å². The van der Waals surface area contributed by atoms with Gasteiger partial charge in [0.15, 0.2) is 0 Å². The third kappa shape index (κ3) is 3.27. The number of ether oxygens (including phenoxy) is 1. The maximum atomic E-state index is 6.43. The number of nitrogens with zero attached hydrogens (tertiary/aromatic N) is 1. The molecule has 2 N–H and O–H groups in total. The Morgan fingerprint density at radius 2 is 2.10 bits per heavy atom. The second-order valence-corrected chi connectivity index (χ2v) is 7.89. The van der Waals surface area contributed by atoms with Crippen molar-refractivity contribution < 1.29 is 4.74 Å². The van der Waals surface area contributed by atoms with E-state index in [0.29, 0.717) is 0 Å². The van der Waals surface area contributed by atoms with Crippen LogP contribution in [0.15, 0.2) is 22.7 Å².